The summed E-state index contributed by atoms with van der Waals surface area (Å²) < 4.78 is 4.79. The van der Waals surface area contributed by atoms with Crippen LogP contribution in [0.5, 0.6) is 0 Å². The van der Waals surface area contributed by atoms with Crippen LogP contribution in [0.2, 0.25) is 0 Å². The van der Waals surface area contributed by atoms with Crippen LogP contribution in [0.3, 0.4) is 0 Å². The van der Waals surface area contributed by atoms with Gasteiger partial charge >= 0.3 is 5.63 Å². The molecule has 118 valence electrons. The molecule has 1 N–H and O–H groups in total. The second-order valence-electron chi connectivity index (χ2n) is 7.52. The van der Waals surface area contributed by atoms with Crippen LogP contribution in [0.25, 0.3) is 0 Å². The van der Waals surface area contributed by atoms with Crippen LogP contribution in [0.4, 0.5) is 0 Å². The van der Waals surface area contributed by atoms with Gasteiger partial charge in [0.25, 0.3) is 5.91 Å². The number of rotatable bonds is 3. The Kier molecular flexibility index (Phi) is 3.35. The van der Waals surface area contributed by atoms with Crippen LogP contribution in [0, 0.1) is 29.6 Å². The molecule has 4 heteroatoms. The summed E-state index contributed by atoms with van der Waals surface area (Å²) in [6, 6.07) is 3.02. The summed E-state index contributed by atoms with van der Waals surface area (Å²) in [7, 11) is 0. The summed E-state index contributed by atoms with van der Waals surface area (Å²) in [5.41, 5.74) is 0.00269. The minimum absolute atomic E-state index is 0.132. The molecule has 0 saturated heterocycles. The summed E-state index contributed by atoms with van der Waals surface area (Å²) in [6.45, 7) is 2.15. The molecular weight excluding hydrogens is 278 g/mol. The molecule has 3 saturated carbocycles. The van der Waals surface area contributed by atoms with E-state index < -0.39 is 5.63 Å². The number of amides is 1. The van der Waals surface area contributed by atoms with E-state index in [9.17, 15) is 9.59 Å². The summed E-state index contributed by atoms with van der Waals surface area (Å²) in [5, 5.41) is 3.15. The predicted octanol–water partition coefficient (Wildman–Crippen LogP) is 2.83. The first-order valence-electron chi connectivity index (χ1n) is 8.51. The highest BCUT2D eigenvalue weighted by atomic mass is 16.4. The van der Waals surface area contributed by atoms with Crippen LogP contribution in [0.1, 0.15) is 49.4 Å². The second-order valence-corrected chi connectivity index (χ2v) is 7.52. The van der Waals surface area contributed by atoms with Crippen molar-refractivity contribution >= 4 is 5.91 Å². The van der Waals surface area contributed by atoms with Crippen molar-refractivity contribution in [2.45, 2.75) is 45.1 Å². The first-order valence-corrected chi connectivity index (χ1v) is 8.51. The molecule has 1 aromatic heterocycles. The van der Waals surface area contributed by atoms with E-state index in [1.54, 1.807) is 0 Å². The van der Waals surface area contributed by atoms with Gasteiger partial charge < -0.3 is 9.73 Å². The normalized spacial score (nSPS) is 37.0. The monoisotopic (exact) mass is 301 g/mol. The van der Waals surface area contributed by atoms with Gasteiger partial charge in [-0.15, -0.1) is 0 Å². The fourth-order valence-corrected chi connectivity index (χ4v) is 5.60. The van der Waals surface area contributed by atoms with Gasteiger partial charge in [-0.2, -0.15) is 0 Å². The number of carbonyl (C=O) groups is 1. The maximum atomic E-state index is 12.3. The molecule has 1 heterocycles. The Balaban J connectivity index is 1.48. The highest BCUT2D eigenvalue weighted by molar-refractivity contribution is 5.93. The van der Waals surface area contributed by atoms with Gasteiger partial charge in [0.1, 0.15) is 6.26 Å². The third kappa shape index (κ3) is 2.29. The third-order valence-electron chi connectivity index (χ3n) is 6.33. The van der Waals surface area contributed by atoms with Crippen molar-refractivity contribution < 1.29 is 9.21 Å². The molecule has 0 radical (unpaired) electrons. The number of hydrogen-bond donors (Lipinski definition) is 1. The standard InChI is InChI=1S/C18H23NO3/c1-10(19-18(21)14-4-5-16(20)22-9-14)17-13-3-2-12-6-11(7-13)8-15(12)17/h4-5,9-13,15,17H,2-3,6-8H2,1H3,(H,19,21)/t10-,11-,12+,13-,15+,17+/m0/s1. The molecule has 1 amide bonds. The van der Waals surface area contributed by atoms with Gasteiger partial charge in [-0.1, -0.05) is 0 Å². The van der Waals surface area contributed by atoms with Crippen molar-refractivity contribution in [3.8, 4) is 0 Å². The van der Waals surface area contributed by atoms with Crippen molar-refractivity contribution in [1.82, 2.24) is 5.32 Å². The lowest BCUT2D eigenvalue weighted by Crippen LogP contribution is -2.48. The van der Waals surface area contributed by atoms with E-state index in [2.05, 4.69) is 12.2 Å². The van der Waals surface area contributed by atoms with Crippen LogP contribution < -0.4 is 10.9 Å². The predicted molar refractivity (Wildman–Crippen MR) is 82.4 cm³/mol. The first kappa shape index (κ1) is 14.0. The number of fused-ring (bicyclic) bond motifs is 2. The summed E-state index contributed by atoms with van der Waals surface area (Å²) in [4.78, 5) is 23.3. The fourth-order valence-electron chi connectivity index (χ4n) is 5.60. The Morgan fingerprint density at radius 3 is 2.77 bits per heavy atom. The zero-order valence-corrected chi connectivity index (χ0v) is 13.0. The first-order chi connectivity index (χ1) is 10.6. The largest absolute Gasteiger partial charge is 0.430 e. The van der Waals surface area contributed by atoms with Crippen molar-refractivity contribution in [3.05, 3.63) is 34.4 Å². The molecule has 3 aliphatic carbocycles. The average Bonchev–Trinajstić information content (AvgIpc) is 2.70. The molecule has 3 bridgehead atoms. The molecule has 4 rings (SSSR count). The van der Waals surface area contributed by atoms with Gasteiger partial charge in [0.05, 0.1) is 5.56 Å². The summed E-state index contributed by atoms with van der Waals surface area (Å²) >= 11 is 0. The Morgan fingerprint density at radius 1 is 1.23 bits per heavy atom. The zero-order chi connectivity index (χ0) is 15.3. The smallest absolute Gasteiger partial charge is 0.335 e. The number of hydrogen-bond acceptors (Lipinski definition) is 3. The second kappa shape index (κ2) is 5.25. The molecule has 22 heavy (non-hydrogen) atoms. The zero-order valence-electron chi connectivity index (χ0n) is 13.0. The molecular formula is C18H23NO3. The Morgan fingerprint density at radius 2 is 2.00 bits per heavy atom. The fraction of sp³-hybridized carbons (Fsp3) is 0.667. The van der Waals surface area contributed by atoms with Gasteiger partial charge in [0.15, 0.2) is 0 Å². The van der Waals surface area contributed by atoms with Gasteiger partial charge in [-0.3, -0.25) is 4.79 Å². The lowest BCUT2D eigenvalue weighted by atomic mass is 9.62. The van der Waals surface area contributed by atoms with E-state index >= 15 is 0 Å². The molecule has 3 fully saturated rings. The molecule has 0 unspecified atom stereocenters. The van der Waals surface area contributed by atoms with Crippen LogP contribution in [0.15, 0.2) is 27.6 Å². The Hall–Kier alpha value is -1.58. The Bertz CT molecular complexity index is 617. The van der Waals surface area contributed by atoms with Crippen molar-refractivity contribution in [2.75, 3.05) is 0 Å². The van der Waals surface area contributed by atoms with Gasteiger partial charge in [0, 0.05) is 12.1 Å². The lowest BCUT2D eigenvalue weighted by Gasteiger charge is -2.45. The maximum absolute atomic E-state index is 12.3. The van der Waals surface area contributed by atoms with E-state index in [4.69, 9.17) is 4.42 Å². The number of carbonyl (C=O) groups excluding carboxylic acids is 1. The molecule has 0 spiro atoms. The SMILES string of the molecule is C[C@H](NC(=O)c1ccc(=O)oc1)[C@@H]1[C@H]2CC[C@@H]3C[C@@H](C2)C[C@H]31. The average molecular weight is 301 g/mol. The Labute approximate surface area is 130 Å². The topological polar surface area (TPSA) is 59.3 Å². The quantitative estimate of drug-likeness (QED) is 0.934. The highest BCUT2D eigenvalue weighted by Gasteiger charge is 2.51. The lowest BCUT2D eigenvalue weighted by molar-refractivity contribution is 0.0518. The molecule has 1 aromatic rings. The maximum Gasteiger partial charge on any atom is 0.335 e. The third-order valence-corrected chi connectivity index (χ3v) is 6.33. The van der Waals surface area contributed by atoms with Crippen molar-refractivity contribution in [1.29, 1.82) is 0 Å². The highest BCUT2D eigenvalue weighted by Crippen LogP contribution is 2.58. The van der Waals surface area contributed by atoms with E-state index in [0.717, 1.165) is 23.7 Å². The minimum atomic E-state index is -0.425. The van der Waals surface area contributed by atoms with Crippen molar-refractivity contribution in [2.24, 2.45) is 29.6 Å². The van der Waals surface area contributed by atoms with Crippen LogP contribution >= 0.6 is 0 Å². The van der Waals surface area contributed by atoms with Gasteiger partial charge in [-0.05, 0) is 74.7 Å². The minimum Gasteiger partial charge on any atom is -0.430 e. The van der Waals surface area contributed by atoms with Gasteiger partial charge in [0.2, 0.25) is 0 Å². The van der Waals surface area contributed by atoms with Crippen molar-refractivity contribution in [3.63, 3.8) is 0 Å². The van der Waals surface area contributed by atoms with Crippen LogP contribution in [-0.2, 0) is 0 Å². The molecule has 0 aliphatic heterocycles. The molecule has 3 aliphatic rings. The van der Waals surface area contributed by atoms with Crippen LogP contribution in [-0.4, -0.2) is 11.9 Å². The van der Waals surface area contributed by atoms with E-state index in [1.807, 2.05) is 0 Å². The van der Waals surface area contributed by atoms with E-state index in [1.165, 1.54) is 50.5 Å². The van der Waals surface area contributed by atoms with E-state index in [-0.39, 0.29) is 11.9 Å². The molecule has 6 atom stereocenters. The summed E-state index contributed by atoms with van der Waals surface area (Å²) in [6.07, 6.45) is 8.13. The molecule has 4 nitrogen and oxygen atoms in total. The van der Waals surface area contributed by atoms with Gasteiger partial charge in [-0.25, -0.2) is 4.79 Å². The summed E-state index contributed by atoms with van der Waals surface area (Å²) in [5.74, 6) is 3.92. The number of nitrogens with one attached hydrogen (secondary N) is 1. The molecule has 0 aromatic carbocycles. The van der Waals surface area contributed by atoms with E-state index in [0.29, 0.717) is 11.5 Å².